The molecule has 1 N–H and O–H groups in total. The minimum Gasteiger partial charge on any atom is -0.494 e. The largest absolute Gasteiger partial charge is 0.494 e. The van der Waals surface area contributed by atoms with E-state index in [1.807, 2.05) is 42.8 Å². The fourth-order valence-electron chi connectivity index (χ4n) is 3.01. The molecule has 152 valence electrons. The molecule has 0 aliphatic carbocycles. The van der Waals surface area contributed by atoms with Crippen LogP contribution in [0.15, 0.2) is 48.5 Å². The molecule has 0 saturated carbocycles. The second-order valence-electron chi connectivity index (χ2n) is 6.72. The van der Waals surface area contributed by atoms with Gasteiger partial charge < -0.3 is 10.1 Å². The number of rotatable bonds is 8. The minimum atomic E-state index is -0.297. The van der Waals surface area contributed by atoms with Crippen molar-refractivity contribution in [3.8, 4) is 11.4 Å². The number of carbonyl (C=O) groups is 1. The number of benzene rings is 2. The Hall–Kier alpha value is -2.86. The van der Waals surface area contributed by atoms with Crippen LogP contribution in [0.4, 0.5) is 4.39 Å². The van der Waals surface area contributed by atoms with E-state index in [1.165, 1.54) is 12.1 Å². The normalized spacial score (nSPS) is 10.8. The van der Waals surface area contributed by atoms with Crippen LogP contribution >= 0.6 is 11.6 Å². The molecule has 0 aliphatic rings. The fraction of sp³-hybridized carbons (Fsp3) is 0.273. The Morgan fingerprint density at radius 1 is 1.14 bits per heavy atom. The van der Waals surface area contributed by atoms with Crippen LogP contribution in [0.25, 0.3) is 5.69 Å². The SMILES string of the molecule is Cc1nn(-c2ccc(Cl)cc2)c(C)c1CC(=O)NCCCOc1ccc(F)cc1. The third kappa shape index (κ3) is 5.57. The summed E-state index contributed by atoms with van der Waals surface area (Å²) in [5, 5.41) is 8.13. The lowest BCUT2D eigenvalue weighted by atomic mass is 10.1. The van der Waals surface area contributed by atoms with Gasteiger partial charge in [-0.2, -0.15) is 5.10 Å². The first-order chi connectivity index (χ1) is 13.9. The number of carbonyl (C=O) groups excluding carboxylic acids is 1. The zero-order chi connectivity index (χ0) is 20.8. The van der Waals surface area contributed by atoms with Crippen molar-refractivity contribution in [2.24, 2.45) is 0 Å². The molecule has 0 atom stereocenters. The van der Waals surface area contributed by atoms with E-state index in [2.05, 4.69) is 10.4 Å². The minimum absolute atomic E-state index is 0.0614. The predicted molar refractivity (Wildman–Crippen MR) is 111 cm³/mol. The highest BCUT2D eigenvalue weighted by Crippen LogP contribution is 2.20. The number of nitrogens with one attached hydrogen (secondary N) is 1. The van der Waals surface area contributed by atoms with Crippen LogP contribution in [-0.4, -0.2) is 28.8 Å². The number of hydrogen-bond acceptors (Lipinski definition) is 3. The molecule has 0 fully saturated rings. The number of halogens is 2. The second-order valence-corrected chi connectivity index (χ2v) is 7.16. The van der Waals surface area contributed by atoms with E-state index in [0.717, 1.165) is 22.6 Å². The zero-order valence-electron chi connectivity index (χ0n) is 16.4. The Labute approximate surface area is 174 Å². The summed E-state index contributed by atoms with van der Waals surface area (Å²) < 4.78 is 20.2. The number of ether oxygens (including phenoxy) is 1. The highest BCUT2D eigenvalue weighted by atomic mass is 35.5. The maximum atomic E-state index is 12.9. The molecule has 1 aromatic heterocycles. The zero-order valence-corrected chi connectivity index (χ0v) is 17.2. The topological polar surface area (TPSA) is 56.2 Å². The molecule has 0 spiro atoms. The predicted octanol–water partition coefficient (Wildman–Crippen LogP) is 4.41. The Kier molecular flexibility index (Phi) is 6.88. The molecule has 29 heavy (non-hydrogen) atoms. The van der Waals surface area contributed by atoms with Crippen molar-refractivity contribution in [3.05, 3.63) is 76.3 Å². The van der Waals surface area contributed by atoms with E-state index in [4.69, 9.17) is 16.3 Å². The van der Waals surface area contributed by atoms with Crippen molar-refractivity contribution in [2.75, 3.05) is 13.2 Å². The van der Waals surface area contributed by atoms with Gasteiger partial charge in [-0.05, 0) is 68.8 Å². The standard InChI is InChI=1S/C22H23ClFN3O2/c1-15-21(16(2)27(26-15)19-8-4-17(23)5-9-19)14-22(28)25-12-3-13-29-20-10-6-18(24)7-11-20/h4-11H,3,12-14H2,1-2H3,(H,25,28). The van der Waals surface area contributed by atoms with Crippen molar-refractivity contribution >= 4 is 17.5 Å². The van der Waals surface area contributed by atoms with Crippen molar-refractivity contribution in [1.82, 2.24) is 15.1 Å². The Bertz CT molecular complexity index is 969. The Morgan fingerprint density at radius 3 is 2.52 bits per heavy atom. The highest BCUT2D eigenvalue weighted by Gasteiger charge is 2.15. The maximum Gasteiger partial charge on any atom is 0.224 e. The molecule has 0 radical (unpaired) electrons. The summed E-state index contributed by atoms with van der Waals surface area (Å²) in [6.07, 6.45) is 0.926. The number of amides is 1. The van der Waals surface area contributed by atoms with Gasteiger partial charge in [0, 0.05) is 22.8 Å². The van der Waals surface area contributed by atoms with E-state index in [1.54, 1.807) is 12.1 Å². The number of hydrogen-bond donors (Lipinski definition) is 1. The fourth-order valence-corrected chi connectivity index (χ4v) is 3.13. The highest BCUT2D eigenvalue weighted by molar-refractivity contribution is 6.30. The van der Waals surface area contributed by atoms with Crippen LogP contribution in [0.5, 0.6) is 5.75 Å². The van der Waals surface area contributed by atoms with Crippen molar-refractivity contribution in [3.63, 3.8) is 0 Å². The summed E-state index contributed by atoms with van der Waals surface area (Å²) in [5.41, 5.74) is 3.58. The average molecular weight is 416 g/mol. The van der Waals surface area contributed by atoms with Gasteiger partial charge in [-0.25, -0.2) is 9.07 Å². The third-order valence-corrected chi connectivity index (χ3v) is 4.83. The summed E-state index contributed by atoms with van der Waals surface area (Å²) >= 11 is 5.95. The van der Waals surface area contributed by atoms with Crippen LogP contribution in [0, 0.1) is 19.7 Å². The molecule has 3 rings (SSSR count). The molecule has 1 amide bonds. The van der Waals surface area contributed by atoms with Crippen LogP contribution in [0.1, 0.15) is 23.4 Å². The Balaban J connectivity index is 1.49. The summed E-state index contributed by atoms with van der Waals surface area (Å²) in [6.45, 7) is 4.80. The van der Waals surface area contributed by atoms with Gasteiger partial charge in [0.1, 0.15) is 11.6 Å². The molecule has 7 heteroatoms. The van der Waals surface area contributed by atoms with E-state index in [9.17, 15) is 9.18 Å². The monoisotopic (exact) mass is 415 g/mol. The molecule has 0 bridgehead atoms. The van der Waals surface area contributed by atoms with Gasteiger partial charge in [-0.15, -0.1) is 0 Å². The van der Waals surface area contributed by atoms with E-state index in [0.29, 0.717) is 30.3 Å². The molecule has 0 unspecified atom stereocenters. The van der Waals surface area contributed by atoms with Crippen LogP contribution in [0.3, 0.4) is 0 Å². The summed E-state index contributed by atoms with van der Waals surface area (Å²) in [6, 6.07) is 13.3. The van der Waals surface area contributed by atoms with Crippen molar-refractivity contribution in [2.45, 2.75) is 26.7 Å². The molecular weight excluding hydrogens is 393 g/mol. The van der Waals surface area contributed by atoms with Crippen molar-refractivity contribution in [1.29, 1.82) is 0 Å². The average Bonchev–Trinajstić information content (AvgIpc) is 2.98. The molecule has 3 aromatic rings. The van der Waals surface area contributed by atoms with Gasteiger partial charge >= 0.3 is 0 Å². The quantitative estimate of drug-likeness (QED) is 0.554. The molecule has 0 saturated heterocycles. The first-order valence-electron chi connectivity index (χ1n) is 9.40. The molecule has 1 heterocycles. The molecule has 2 aromatic carbocycles. The van der Waals surface area contributed by atoms with Gasteiger partial charge in [0.05, 0.1) is 24.4 Å². The van der Waals surface area contributed by atoms with Crippen LogP contribution in [0.2, 0.25) is 5.02 Å². The summed E-state index contributed by atoms with van der Waals surface area (Å²) in [4.78, 5) is 12.3. The lowest BCUT2D eigenvalue weighted by Gasteiger charge is -2.08. The second kappa shape index (κ2) is 9.56. The first-order valence-corrected chi connectivity index (χ1v) is 9.78. The van der Waals surface area contributed by atoms with Crippen LogP contribution < -0.4 is 10.1 Å². The number of aromatic nitrogens is 2. The van der Waals surface area contributed by atoms with E-state index in [-0.39, 0.29) is 18.1 Å². The third-order valence-electron chi connectivity index (χ3n) is 4.58. The smallest absolute Gasteiger partial charge is 0.224 e. The van der Waals surface area contributed by atoms with E-state index >= 15 is 0 Å². The van der Waals surface area contributed by atoms with Gasteiger partial charge in [0.15, 0.2) is 0 Å². The van der Waals surface area contributed by atoms with Gasteiger partial charge in [0.2, 0.25) is 5.91 Å². The Morgan fingerprint density at radius 2 is 1.83 bits per heavy atom. The van der Waals surface area contributed by atoms with Gasteiger partial charge in [-0.3, -0.25) is 4.79 Å². The van der Waals surface area contributed by atoms with Gasteiger partial charge in [0.25, 0.3) is 0 Å². The van der Waals surface area contributed by atoms with Crippen molar-refractivity contribution < 1.29 is 13.9 Å². The van der Waals surface area contributed by atoms with Crippen LogP contribution in [-0.2, 0) is 11.2 Å². The maximum absolute atomic E-state index is 12.9. The summed E-state index contributed by atoms with van der Waals surface area (Å²) in [7, 11) is 0. The molecule has 5 nitrogen and oxygen atoms in total. The molecular formula is C22H23ClFN3O2. The van der Waals surface area contributed by atoms with Gasteiger partial charge in [-0.1, -0.05) is 11.6 Å². The number of nitrogens with zero attached hydrogens (tertiary/aromatic N) is 2. The summed E-state index contributed by atoms with van der Waals surface area (Å²) in [5.74, 6) is 0.252. The molecule has 0 aliphatic heterocycles. The van der Waals surface area contributed by atoms with E-state index < -0.39 is 0 Å². The lowest BCUT2D eigenvalue weighted by molar-refractivity contribution is -0.120. The lowest BCUT2D eigenvalue weighted by Crippen LogP contribution is -2.27. The number of aryl methyl sites for hydroxylation is 1. The first kappa shape index (κ1) is 20.9.